The van der Waals surface area contributed by atoms with Gasteiger partial charge in [-0.2, -0.15) is 0 Å². The second kappa shape index (κ2) is 5.01. The summed E-state index contributed by atoms with van der Waals surface area (Å²) in [6.07, 6.45) is -0.247. The molecule has 16 heavy (non-hydrogen) atoms. The van der Waals surface area contributed by atoms with Crippen molar-refractivity contribution in [2.45, 2.75) is 6.10 Å². The molecule has 4 nitrogen and oxygen atoms in total. The second-order valence-electron chi connectivity index (χ2n) is 3.66. The van der Waals surface area contributed by atoms with Crippen molar-refractivity contribution in [2.24, 2.45) is 0 Å². The summed E-state index contributed by atoms with van der Waals surface area (Å²) in [6, 6.07) is 8.48. The summed E-state index contributed by atoms with van der Waals surface area (Å²) < 4.78 is 4.99. The lowest BCUT2D eigenvalue weighted by Crippen LogP contribution is -2.43. The number of carbonyl (C=O) groups excluding carboxylic acids is 2. The van der Waals surface area contributed by atoms with Crippen LogP contribution in [-0.4, -0.2) is 37.9 Å². The summed E-state index contributed by atoms with van der Waals surface area (Å²) >= 11 is 0. The lowest BCUT2D eigenvalue weighted by atomic mass is 9.95. The highest BCUT2D eigenvalue weighted by atomic mass is 16.5. The summed E-state index contributed by atoms with van der Waals surface area (Å²) in [5.41, 5.74) is 2.85. The summed E-state index contributed by atoms with van der Waals surface area (Å²) in [5.74, 6) is -0.479. The van der Waals surface area contributed by atoms with Gasteiger partial charge in [0, 0.05) is 13.1 Å². The zero-order chi connectivity index (χ0) is 11.4. The Hall–Kier alpha value is -1.52. The number of ketones is 1. The minimum atomic E-state index is -0.550. The molecule has 0 saturated carbocycles. The fraction of sp³-hybridized carbons (Fsp3) is 0.333. The maximum atomic E-state index is 10.6. The molecule has 0 aromatic carbocycles. The number of morpholine rings is 1. The van der Waals surface area contributed by atoms with Crippen molar-refractivity contribution < 1.29 is 14.3 Å². The van der Waals surface area contributed by atoms with Crippen LogP contribution in [0.25, 0.3) is 11.1 Å². The third-order valence-corrected chi connectivity index (χ3v) is 2.58. The molecule has 1 fully saturated rings. The smallest absolute Gasteiger partial charge is 0.225 e. The minimum Gasteiger partial charge on any atom is -0.367 e. The van der Waals surface area contributed by atoms with E-state index in [1.54, 1.807) is 0 Å². The summed E-state index contributed by atoms with van der Waals surface area (Å²) in [7, 11) is 0. The molecular weight excluding hydrogens is 206 g/mol. The maximum absolute atomic E-state index is 10.6. The van der Waals surface area contributed by atoms with Crippen molar-refractivity contribution in [2.75, 3.05) is 19.7 Å². The standard InChI is InChI=1S/C6H9NO3.C6H4/c8-4-5(9)6-3-7-1-2-10-6;1-2-6-4-3-5(1)6/h4,6-7H,1-3H2;1-4H. The highest BCUT2D eigenvalue weighted by Crippen LogP contribution is 2.29. The topological polar surface area (TPSA) is 55.4 Å². The largest absolute Gasteiger partial charge is 0.367 e. The van der Waals surface area contributed by atoms with Crippen molar-refractivity contribution in [3.05, 3.63) is 24.3 Å². The monoisotopic (exact) mass is 219 g/mol. The molecule has 1 unspecified atom stereocenters. The lowest BCUT2D eigenvalue weighted by molar-refractivity contribution is -0.139. The highest BCUT2D eigenvalue weighted by Gasteiger charge is 2.20. The van der Waals surface area contributed by atoms with Crippen LogP contribution in [0.2, 0.25) is 0 Å². The molecule has 1 atom stereocenters. The van der Waals surface area contributed by atoms with Crippen LogP contribution in [-0.2, 0) is 14.3 Å². The molecule has 2 aliphatic carbocycles. The van der Waals surface area contributed by atoms with Gasteiger partial charge in [0.2, 0.25) is 5.78 Å². The summed E-state index contributed by atoms with van der Waals surface area (Å²) in [5, 5.41) is 2.95. The molecule has 1 aliphatic heterocycles. The molecule has 3 rings (SSSR count). The number of rotatable bonds is 2. The minimum absolute atomic E-state index is 0.303. The quantitative estimate of drug-likeness (QED) is 0.587. The molecule has 1 N–H and O–H groups in total. The van der Waals surface area contributed by atoms with Crippen molar-refractivity contribution in [3.63, 3.8) is 0 Å². The molecule has 0 spiro atoms. The lowest BCUT2D eigenvalue weighted by Gasteiger charge is -2.20. The Morgan fingerprint density at radius 3 is 2.25 bits per heavy atom. The van der Waals surface area contributed by atoms with Crippen molar-refractivity contribution in [3.8, 4) is 11.1 Å². The van der Waals surface area contributed by atoms with E-state index in [-0.39, 0.29) is 0 Å². The predicted molar refractivity (Wildman–Crippen MR) is 59.1 cm³/mol. The number of benzene rings is 1. The Labute approximate surface area is 93.6 Å². The molecule has 0 bridgehead atoms. The Balaban J connectivity index is 0.000000134. The summed E-state index contributed by atoms with van der Waals surface area (Å²) in [6.45, 7) is 1.71. The van der Waals surface area contributed by atoms with Gasteiger partial charge < -0.3 is 10.1 Å². The number of Topliss-reactive ketones (excluding diaryl/α,β-unsaturated/α-hetero) is 1. The average molecular weight is 219 g/mol. The van der Waals surface area contributed by atoms with Crippen LogP contribution in [0.4, 0.5) is 0 Å². The Morgan fingerprint density at radius 2 is 1.94 bits per heavy atom. The van der Waals surface area contributed by atoms with Crippen LogP contribution in [0.15, 0.2) is 24.3 Å². The Bertz CT molecular complexity index is 359. The average Bonchev–Trinajstić information content (AvgIpc) is 2.34. The molecule has 0 aromatic rings. The molecular formula is C12H13NO3. The molecule has 0 amide bonds. The van der Waals surface area contributed by atoms with Gasteiger partial charge in [0.05, 0.1) is 6.61 Å². The number of ether oxygens (including phenoxy) is 1. The predicted octanol–water partition coefficient (Wildman–Crippen LogP) is 0.410. The summed E-state index contributed by atoms with van der Waals surface area (Å²) in [4.78, 5) is 20.6. The van der Waals surface area contributed by atoms with Crippen LogP contribution in [0, 0.1) is 0 Å². The van der Waals surface area contributed by atoms with Crippen LogP contribution >= 0.6 is 0 Å². The van der Waals surface area contributed by atoms with E-state index in [4.69, 9.17) is 4.74 Å². The maximum Gasteiger partial charge on any atom is 0.225 e. The van der Waals surface area contributed by atoms with Gasteiger partial charge in [-0.3, -0.25) is 9.59 Å². The van der Waals surface area contributed by atoms with Crippen molar-refractivity contribution >= 4 is 12.1 Å². The van der Waals surface area contributed by atoms with Gasteiger partial charge >= 0.3 is 0 Å². The molecule has 1 saturated heterocycles. The van der Waals surface area contributed by atoms with E-state index in [0.29, 0.717) is 19.4 Å². The van der Waals surface area contributed by atoms with E-state index < -0.39 is 11.9 Å². The van der Waals surface area contributed by atoms with Crippen molar-refractivity contribution in [1.82, 2.24) is 5.32 Å². The van der Waals surface area contributed by atoms with E-state index in [1.165, 1.54) is 11.1 Å². The third-order valence-electron chi connectivity index (χ3n) is 2.58. The Morgan fingerprint density at radius 1 is 1.31 bits per heavy atom. The second-order valence-corrected chi connectivity index (χ2v) is 3.66. The van der Waals surface area contributed by atoms with Gasteiger partial charge in [-0.25, -0.2) is 0 Å². The number of hydrogen-bond acceptors (Lipinski definition) is 4. The zero-order valence-corrected chi connectivity index (χ0v) is 8.81. The number of hydrogen-bond donors (Lipinski definition) is 1. The van der Waals surface area contributed by atoms with Gasteiger partial charge in [-0.15, -0.1) is 0 Å². The van der Waals surface area contributed by atoms with Gasteiger partial charge in [-0.05, 0) is 11.1 Å². The molecule has 1 heterocycles. The number of carbonyl (C=O) groups is 2. The Kier molecular flexibility index (Phi) is 3.44. The third kappa shape index (κ3) is 2.35. The van der Waals surface area contributed by atoms with E-state index in [1.807, 2.05) is 0 Å². The first-order valence-corrected chi connectivity index (χ1v) is 5.23. The number of aldehydes is 1. The molecule has 84 valence electrons. The first-order chi connectivity index (χ1) is 7.81. The fourth-order valence-corrected chi connectivity index (χ4v) is 1.49. The van der Waals surface area contributed by atoms with Gasteiger partial charge in [0.15, 0.2) is 6.29 Å². The van der Waals surface area contributed by atoms with Crippen LogP contribution in [0.1, 0.15) is 0 Å². The van der Waals surface area contributed by atoms with Gasteiger partial charge in [0.25, 0.3) is 0 Å². The van der Waals surface area contributed by atoms with Crippen LogP contribution in [0.3, 0.4) is 0 Å². The van der Waals surface area contributed by atoms with E-state index >= 15 is 0 Å². The normalized spacial score (nSPS) is 20.4. The number of nitrogens with one attached hydrogen (secondary N) is 1. The van der Waals surface area contributed by atoms with Gasteiger partial charge in [-0.1, -0.05) is 24.3 Å². The SMILES string of the molecule is O=CC(=O)C1CNCCO1.c1cc2ccc1-2. The highest BCUT2D eigenvalue weighted by molar-refractivity contribution is 6.27. The first-order valence-electron chi connectivity index (χ1n) is 5.23. The van der Waals surface area contributed by atoms with Gasteiger partial charge in [0.1, 0.15) is 6.10 Å². The molecule has 3 aliphatic rings. The molecule has 4 heteroatoms. The van der Waals surface area contributed by atoms with E-state index in [2.05, 4.69) is 29.6 Å². The van der Waals surface area contributed by atoms with Crippen LogP contribution < -0.4 is 5.32 Å². The van der Waals surface area contributed by atoms with Crippen LogP contribution in [0.5, 0.6) is 0 Å². The van der Waals surface area contributed by atoms with E-state index in [0.717, 1.165) is 6.54 Å². The fourth-order valence-electron chi connectivity index (χ4n) is 1.49. The molecule has 0 aromatic heterocycles. The van der Waals surface area contributed by atoms with Crippen molar-refractivity contribution in [1.29, 1.82) is 0 Å². The first kappa shape index (κ1) is 11.0. The number of fused-ring (bicyclic) bond motifs is 1. The van der Waals surface area contributed by atoms with E-state index in [9.17, 15) is 9.59 Å². The zero-order valence-electron chi connectivity index (χ0n) is 8.81. The molecule has 0 radical (unpaired) electrons.